The van der Waals surface area contributed by atoms with Gasteiger partial charge in [-0.05, 0) is 18.8 Å². The van der Waals surface area contributed by atoms with Gasteiger partial charge in [-0.3, -0.25) is 14.4 Å². The Labute approximate surface area is 202 Å². The molecule has 3 amide bonds. The summed E-state index contributed by atoms with van der Waals surface area (Å²) in [5.41, 5.74) is 7.35. The lowest BCUT2D eigenvalue weighted by molar-refractivity contribution is -0.145. The molecular weight excluding hydrogens is 456 g/mol. The summed E-state index contributed by atoms with van der Waals surface area (Å²) in [5.74, 6) is -2.97. The van der Waals surface area contributed by atoms with Gasteiger partial charge < -0.3 is 36.3 Å². The number of imidazole rings is 2. The van der Waals surface area contributed by atoms with E-state index < -0.39 is 47.9 Å². The number of carboxylic acid groups (broad SMARTS) is 1. The highest BCUT2D eigenvalue weighted by molar-refractivity contribution is 5.94. The van der Waals surface area contributed by atoms with Gasteiger partial charge in [-0.1, -0.05) is 13.8 Å². The fourth-order valence-corrected chi connectivity index (χ4v) is 4.09. The van der Waals surface area contributed by atoms with Gasteiger partial charge >= 0.3 is 5.97 Å². The van der Waals surface area contributed by atoms with E-state index in [1.165, 1.54) is 17.6 Å². The second-order valence-corrected chi connectivity index (χ2v) is 8.99. The van der Waals surface area contributed by atoms with E-state index in [2.05, 4.69) is 30.6 Å². The number of nitrogens with zero attached hydrogens (tertiary/aromatic N) is 3. The van der Waals surface area contributed by atoms with Gasteiger partial charge in [0.05, 0.1) is 18.7 Å². The van der Waals surface area contributed by atoms with Crippen molar-refractivity contribution in [1.29, 1.82) is 0 Å². The average molecular weight is 489 g/mol. The molecule has 1 saturated heterocycles. The van der Waals surface area contributed by atoms with Crippen molar-refractivity contribution in [2.24, 2.45) is 11.7 Å². The molecule has 35 heavy (non-hydrogen) atoms. The summed E-state index contributed by atoms with van der Waals surface area (Å²) >= 11 is 0. The summed E-state index contributed by atoms with van der Waals surface area (Å²) in [5, 5.41) is 14.7. The second kappa shape index (κ2) is 11.6. The number of nitrogens with two attached hydrogens (primary N) is 1. The van der Waals surface area contributed by atoms with Crippen LogP contribution in [0.3, 0.4) is 0 Å². The Hall–Kier alpha value is -3.74. The molecule has 1 aliphatic rings. The molecule has 3 heterocycles. The third kappa shape index (κ3) is 6.66. The Morgan fingerprint density at radius 2 is 1.74 bits per heavy atom. The second-order valence-electron chi connectivity index (χ2n) is 8.99. The van der Waals surface area contributed by atoms with Gasteiger partial charge in [-0.2, -0.15) is 0 Å². The minimum atomic E-state index is -1.14. The van der Waals surface area contributed by atoms with Gasteiger partial charge in [-0.15, -0.1) is 0 Å². The number of amides is 3. The van der Waals surface area contributed by atoms with Crippen LogP contribution in [0.2, 0.25) is 0 Å². The molecule has 4 unspecified atom stereocenters. The normalized spacial score (nSPS) is 18.2. The van der Waals surface area contributed by atoms with Gasteiger partial charge in [0.1, 0.15) is 18.1 Å². The maximum Gasteiger partial charge on any atom is 0.326 e. The van der Waals surface area contributed by atoms with Crippen molar-refractivity contribution >= 4 is 23.7 Å². The van der Waals surface area contributed by atoms with Crippen molar-refractivity contribution in [3.63, 3.8) is 0 Å². The number of rotatable bonds is 11. The van der Waals surface area contributed by atoms with Crippen molar-refractivity contribution in [3.8, 4) is 0 Å². The maximum atomic E-state index is 13.5. The molecule has 1 fully saturated rings. The zero-order valence-corrected chi connectivity index (χ0v) is 19.7. The molecule has 7 N–H and O–H groups in total. The van der Waals surface area contributed by atoms with E-state index in [0.29, 0.717) is 30.8 Å². The first-order valence-electron chi connectivity index (χ1n) is 11.5. The predicted octanol–water partition coefficient (Wildman–Crippen LogP) is -1.05. The van der Waals surface area contributed by atoms with Gasteiger partial charge in [0, 0.05) is 43.2 Å². The van der Waals surface area contributed by atoms with E-state index in [0.717, 1.165) is 0 Å². The molecule has 190 valence electrons. The number of aromatic amines is 2. The third-order valence-corrected chi connectivity index (χ3v) is 5.99. The number of H-pyrrole nitrogens is 2. The fourth-order valence-electron chi connectivity index (χ4n) is 4.09. The van der Waals surface area contributed by atoms with Crippen LogP contribution in [0.4, 0.5) is 0 Å². The van der Waals surface area contributed by atoms with E-state index in [4.69, 9.17) is 5.73 Å². The van der Waals surface area contributed by atoms with Crippen LogP contribution in [0.5, 0.6) is 0 Å². The van der Waals surface area contributed by atoms with Gasteiger partial charge in [0.25, 0.3) is 0 Å². The van der Waals surface area contributed by atoms with Crippen LogP contribution in [-0.4, -0.2) is 84.3 Å². The van der Waals surface area contributed by atoms with Gasteiger partial charge in [0.15, 0.2) is 0 Å². The number of carbonyl (C=O) groups excluding carboxylic acids is 3. The number of hydrogen-bond donors (Lipinski definition) is 6. The molecule has 0 bridgehead atoms. The molecule has 13 heteroatoms. The summed E-state index contributed by atoms with van der Waals surface area (Å²) < 4.78 is 0. The molecule has 0 radical (unpaired) electrons. The molecular formula is C22H32N8O5. The van der Waals surface area contributed by atoms with E-state index in [9.17, 15) is 24.3 Å². The van der Waals surface area contributed by atoms with Crippen molar-refractivity contribution in [2.45, 2.75) is 63.7 Å². The number of aliphatic carboxylic acids is 1. The highest BCUT2D eigenvalue weighted by Gasteiger charge is 2.39. The van der Waals surface area contributed by atoms with Crippen LogP contribution >= 0.6 is 0 Å². The highest BCUT2D eigenvalue weighted by atomic mass is 16.4. The minimum absolute atomic E-state index is 0.121. The number of nitrogens with one attached hydrogen (secondary N) is 4. The molecule has 2 aromatic heterocycles. The molecule has 0 aliphatic carbocycles. The Morgan fingerprint density at radius 3 is 2.29 bits per heavy atom. The van der Waals surface area contributed by atoms with Crippen LogP contribution in [0.1, 0.15) is 38.1 Å². The first-order valence-corrected chi connectivity index (χ1v) is 11.5. The lowest BCUT2D eigenvalue weighted by atomic mass is 10.0. The summed E-state index contributed by atoms with van der Waals surface area (Å²) in [4.78, 5) is 65.9. The third-order valence-electron chi connectivity index (χ3n) is 5.99. The molecule has 0 spiro atoms. The van der Waals surface area contributed by atoms with Crippen molar-refractivity contribution in [3.05, 3.63) is 36.4 Å². The minimum Gasteiger partial charge on any atom is -0.480 e. The van der Waals surface area contributed by atoms with Crippen molar-refractivity contribution in [1.82, 2.24) is 35.5 Å². The Balaban J connectivity index is 1.73. The first-order chi connectivity index (χ1) is 16.7. The standard InChI is InChI=1S/C22H32N8O5/c1-12(2)18(22(34)35)29-20(32)17-4-3-5-30(17)21(33)16(7-14-9-25-11-27-14)28-19(31)15(23)6-13-8-24-10-26-13/h8-12,15-18H,3-7,23H2,1-2H3,(H,24,26)(H,25,27)(H,28,31)(H,29,32)(H,34,35). The molecule has 0 aromatic carbocycles. The molecule has 0 saturated carbocycles. The number of carbonyl (C=O) groups is 4. The largest absolute Gasteiger partial charge is 0.480 e. The van der Waals surface area contributed by atoms with Crippen LogP contribution in [-0.2, 0) is 32.0 Å². The van der Waals surface area contributed by atoms with Crippen LogP contribution in [0.25, 0.3) is 0 Å². The SMILES string of the molecule is CC(C)C(NC(=O)C1CCCN1C(=O)C(Cc1cnc[nH]1)NC(=O)C(N)Cc1cnc[nH]1)C(=O)O. The van der Waals surface area contributed by atoms with E-state index >= 15 is 0 Å². The molecule has 2 aromatic rings. The topological polar surface area (TPSA) is 199 Å². The van der Waals surface area contributed by atoms with E-state index in [1.54, 1.807) is 26.2 Å². The Bertz CT molecular complexity index is 1010. The lowest BCUT2D eigenvalue weighted by Gasteiger charge is -2.30. The summed E-state index contributed by atoms with van der Waals surface area (Å²) in [6.07, 6.45) is 7.36. The Kier molecular flexibility index (Phi) is 8.58. The number of likely N-dealkylation sites (tertiary alicyclic amines) is 1. The van der Waals surface area contributed by atoms with Crippen LogP contribution in [0.15, 0.2) is 25.0 Å². The van der Waals surface area contributed by atoms with Crippen LogP contribution in [0, 0.1) is 5.92 Å². The number of hydrogen-bond acceptors (Lipinski definition) is 7. The molecule has 4 atom stereocenters. The Morgan fingerprint density at radius 1 is 1.11 bits per heavy atom. The smallest absolute Gasteiger partial charge is 0.326 e. The van der Waals surface area contributed by atoms with E-state index in [1.807, 2.05) is 0 Å². The maximum absolute atomic E-state index is 13.5. The van der Waals surface area contributed by atoms with Crippen molar-refractivity contribution < 1.29 is 24.3 Å². The highest BCUT2D eigenvalue weighted by Crippen LogP contribution is 2.20. The summed E-state index contributed by atoms with van der Waals surface area (Å²) in [6.45, 7) is 3.70. The van der Waals surface area contributed by atoms with Gasteiger partial charge in [-0.25, -0.2) is 14.8 Å². The quantitative estimate of drug-likeness (QED) is 0.230. The zero-order valence-electron chi connectivity index (χ0n) is 19.7. The predicted molar refractivity (Wildman–Crippen MR) is 124 cm³/mol. The monoisotopic (exact) mass is 488 g/mol. The zero-order chi connectivity index (χ0) is 25.5. The summed E-state index contributed by atoms with van der Waals surface area (Å²) in [7, 11) is 0. The summed E-state index contributed by atoms with van der Waals surface area (Å²) in [6, 6.07) is -3.82. The number of carboxylic acids is 1. The first kappa shape index (κ1) is 25.9. The number of aromatic nitrogens is 4. The van der Waals surface area contributed by atoms with Crippen molar-refractivity contribution in [2.75, 3.05) is 6.54 Å². The van der Waals surface area contributed by atoms with Crippen LogP contribution < -0.4 is 16.4 Å². The van der Waals surface area contributed by atoms with E-state index in [-0.39, 0.29) is 18.8 Å². The lowest BCUT2D eigenvalue weighted by Crippen LogP contribution is -2.58. The van der Waals surface area contributed by atoms with Gasteiger partial charge in [0.2, 0.25) is 17.7 Å². The molecule has 13 nitrogen and oxygen atoms in total. The average Bonchev–Trinajstić information content (AvgIpc) is 3.58. The molecule has 3 rings (SSSR count). The molecule has 1 aliphatic heterocycles. The fraction of sp³-hybridized carbons (Fsp3) is 0.545.